The van der Waals surface area contributed by atoms with Gasteiger partial charge in [0.25, 0.3) is 0 Å². The van der Waals surface area contributed by atoms with Gasteiger partial charge in [-0.15, -0.1) is 0 Å². The van der Waals surface area contributed by atoms with Crippen LogP contribution in [0.1, 0.15) is 50.5 Å². The average molecular weight is 346 g/mol. The number of piperidine rings is 1. The molecule has 1 saturated carbocycles. The van der Waals surface area contributed by atoms with Gasteiger partial charge in [-0.05, 0) is 43.4 Å². The van der Waals surface area contributed by atoms with Crippen LogP contribution < -0.4 is 5.32 Å². The Morgan fingerprint density at radius 1 is 1.08 bits per heavy atom. The number of nitrogens with one attached hydrogen (secondary N) is 1. The first-order valence-electron chi connectivity index (χ1n) is 9.44. The molecule has 1 saturated heterocycles. The summed E-state index contributed by atoms with van der Waals surface area (Å²) in [5, 5.41) is 3.03. The van der Waals surface area contributed by atoms with Gasteiger partial charge in [0.15, 0.2) is 0 Å². The highest BCUT2D eigenvalue weighted by Gasteiger charge is 2.29. The summed E-state index contributed by atoms with van der Waals surface area (Å²) >= 11 is 0. The summed E-state index contributed by atoms with van der Waals surface area (Å²) in [6, 6.07) is 6.25. The minimum atomic E-state index is -0.320. The lowest BCUT2D eigenvalue weighted by Crippen LogP contribution is -2.48. The van der Waals surface area contributed by atoms with Crippen molar-refractivity contribution in [3.63, 3.8) is 0 Å². The van der Waals surface area contributed by atoms with Crippen molar-refractivity contribution in [3.05, 3.63) is 35.6 Å². The molecule has 3 rings (SSSR count). The minimum absolute atomic E-state index is 0.0809. The maximum atomic E-state index is 13.2. The van der Waals surface area contributed by atoms with Crippen molar-refractivity contribution in [3.8, 4) is 0 Å². The van der Waals surface area contributed by atoms with Gasteiger partial charge in [-0.3, -0.25) is 9.59 Å². The molecule has 1 aliphatic carbocycles. The quantitative estimate of drug-likeness (QED) is 0.911. The third-order valence-electron chi connectivity index (χ3n) is 5.38. The van der Waals surface area contributed by atoms with Gasteiger partial charge in [0, 0.05) is 25.0 Å². The number of hydrogen-bond donors (Lipinski definition) is 1. The fourth-order valence-electron chi connectivity index (χ4n) is 3.96. The second kappa shape index (κ2) is 8.45. The van der Waals surface area contributed by atoms with Gasteiger partial charge < -0.3 is 10.2 Å². The number of carbonyl (C=O) groups excluding carboxylic acids is 2. The predicted octanol–water partition coefficient (Wildman–Crippen LogP) is 3.06. The van der Waals surface area contributed by atoms with E-state index >= 15 is 0 Å². The molecule has 1 heterocycles. The molecule has 4 nitrogen and oxygen atoms in total. The van der Waals surface area contributed by atoms with Crippen LogP contribution in [0.5, 0.6) is 0 Å². The van der Waals surface area contributed by atoms with E-state index in [-0.39, 0.29) is 30.1 Å². The van der Waals surface area contributed by atoms with Crippen LogP contribution in [0.25, 0.3) is 0 Å². The molecule has 2 fully saturated rings. The standard InChI is InChI=1S/C20H27FN2O2/c21-17-8-4-5-15(13-17)14-19(24)22-18-9-11-23(12-10-18)20(25)16-6-2-1-3-7-16/h4-5,8,13,16,18H,1-3,6-7,9-12,14H2,(H,22,24). The topological polar surface area (TPSA) is 49.4 Å². The molecule has 136 valence electrons. The van der Waals surface area contributed by atoms with Gasteiger partial charge >= 0.3 is 0 Å². The molecule has 1 N–H and O–H groups in total. The number of benzene rings is 1. The number of amides is 2. The Morgan fingerprint density at radius 3 is 2.48 bits per heavy atom. The molecule has 0 spiro atoms. The van der Waals surface area contributed by atoms with Gasteiger partial charge in [0.1, 0.15) is 5.82 Å². The maximum Gasteiger partial charge on any atom is 0.225 e. The van der Waals surface area contributed by atoms with Crippen LogP contribution in [-0.4, -0.2) is 35.8 Å². The molecule has 0 aromatic heterocycles. The first kappa shape index (κ1) is 17.9. The van der Waals surface area contributed by atoms with E-state index in [0.717, 1.165) is 38.8 Å². The Morgan fingerprint density at radius 2 is 1.80 bits per heavy atom. The van der Waals surface area contributed by atoms with Crippen LogP contribution in [0.4, 0.5) is 4.39 Å². The molecule has 1 aromatic carbocycles. The first-order valence-corrected chi connectivity index (χ1v) is 9.44. The molecule has 0 bridgehead atoms. The average Bonchev–Trinajstić information content (AvgIpc) is 2.62. The van der Waals surface area contributed by atoms with Gasteiger partial charge in [-0.1, -0.05) is 31.4 Å². The SMILES string of the molecule is O=C(Cc1cccc(F)c1)NC1CCN(C(=O)C2CCCCC2)CC1. The van der Waals surface area contributed by atoms with Gasteiger partial charge in [0.2, 0.25) is 11.8 Å². The zero-order valence-corrected chi connectivity index (χ0v) is 14.7. The van der Waals surface area contributed by atoms with Gasteiger partial charge in [-0.2, -0.15) is 0 Å². The Labute approximate surface area is 148 Å². The second-order valence-corrected chi connectivity index (χ2v) is 7.31. The summed E-state index contributed by atoms with van der Waals surface area (Å²) in [5.41, 5.74) is 0.683. The van der Waals surface area contributed by atoms with E-state index in [2.05, 4.69) is 5.32 Å². The number of nitrogens with zero attached hydrogens (tertiary/aromatic N) is 1. The van der Waals surface area contributed by atoms with Crippen molar-refractivity contribution < 1.29 is 14.0 Å². The van der Waals surface area contributed by atoms with Crippen LogP contribution in [0.15, 0.2) is 24.3 Å². The zero-order valence-electron chi connectivity index (χ0n) is 14.7. The summed E-state index contributed by atoms with van der Waals surface area (Å²) in [6.07, 6.45) is 7.45. The van der Waals surface area contributed by atoms with Crippen molar-refractivity contribution in [1.82, 2.24) is 10.2 Å². The molecular weight excluding hydrogens is 319 g/mol. The van der Waals surface area contributed by atoms with E-state index in [1.807, 2.05) is 4.90 Å². The summed E-state index contributed by atoms with van der Waals surface area (Å²) in [6.45, 7) is 1.44. The van der Waals surface area contributed by atoms with Crippen LogP contribution in [0, 0.1) is 11.7 Å². The predicted molar refractivity (Wildman–Crippen MR) is 94.4 cm³/mol. The smallest absolute Gasteiger partial charge is 0.225 e. The third-order valence-corrected chi connectivity index (χ3v) is 5.38. The highest BCUT2D eigenvalue weighted by Crippen LogP contribution is 2.26. The minimum Gasteiger partial charge on any atom is -0.353 e. The molecule has 0 unspecified atom stereocenters. The van der Waals surface area contributed by atoms with Crippen LogP contribution >= 0.6 is 0 Å². The summed E-state index contributed by atoms with van der Waals surface area (Å²) in [5.74, 6) is 0.125. The summed E-state index contributed by atoms with van der Waals surface area (Å²) in [7, 11) is 0. The molecule has 0 atom stereocenters. The van der Waals surface area contributed by atoms with E-state index < -0.39 is 0 Å². The highest BCUT2D eigenvalue weighted by molar-refractivity contribution is 5.80. The number of carbonyl (C=O) groups is 2. The van der Waals surface area contributed by atoms with Crippen LogP contribution in [-0.2, 0) is 16.0 Å². The van der Waals surface area contributed by atoms with Crippen molar-refractivity contribution in [2.24, 2.45) is 5.92 Å². The lowest BCUT2D eigenvalue weighted by Gasteiger charge is -2.35. The Hall–Kier alpha value is -1.91. The molecule has 2 amide bonds. The Kier molecular flexibility index (Phi) is 6.05. The lowest BCUT2D eigenvalue weighted by atomic mass is 9.87. The monoisotopic (exact) mass is 346 g/mol. The van der Waals surface area contributed by atoms with Crippen molar-refractivity contribution >= 4 is 11.8 Å². The van der Waals surface area contributed by atoms with Gasteiger partial charge in [-0.25, -0.2) is 4.39 Å². The third kappa shape index (κ3) is 5.03. The molecular formula is C20H27FN2O2. The normalized spacial score (nSPS) is 19.6. The van der Waals surface area contributed by atoms with Gasteiger partial charge in [0.05, 0.1) is 6.42 Å². The fraction of sp³-hybridized carbons (Fsp3) is 0.600. The first-order chi connectivity index (χ1) is 12.1. The van der Waals surface area contributed by atoms with E-state index in [4.69, 9.17) is 0 Å². The number of hydrogen-bond acceptors (Lipinski definition) is 2. The molecule has 1 aromatic rings. The molecule has 2 aliphatic rings. The largest absolute Gasteiger partial charge is 0.353 e. The summed E-state index contributed by atoms with van der Waals surface area (Å²) in [4.78, 5) is 26.7. The van der Waals surface area contributed by atoms with E-state index in [9.17, 15) is 14.0 Å². The number of halogens is 1. The number of likely N-dealkylation sites (tertiary alicyclic amines) is 1. The van der Waals surface area contributed by atoms with Crippen molar-refractivity contribution in [2.45, 2.75) is 57.4 Å². The Balaban J connectivity index is 1.42. The fourth-order valence-corrected chi connectivity index (χ4v) is 3.96. The van der Waals surface area contributed by atoms with Crippen LogP contribution in [0.3, 0.4) is 0 Å². The highest BCUT2D eigenvalue weighted by atomic mass is 19.1. The Bertz CT molecular complexity index is 605. The zero-order chi connectivity index (χ0) is 17.6. The van der Waals surface area contributed by atoms with Crippen LogP contribution in [0.2, 0.25) is 0 Å². The van der Waals surface area contributed by atoms with E-state index in [1.54, 1.807) is 12.1 Å². The molecule has 25 heavy (non-hydrogen) atoms. The molecule has 0 radical (unpaired) electrons. The van der Waals surface area contributed by atoms with Crippen molar-refractivity contribution in [1.29, 1.82) is 0 Å². The van der Waals surface area contributed by atoms with E-state index in [0.29, 0.717) is 11.5 Å². The molecule has 1 aliphatic heterocycles. The second-order valence-electron chi connectivity index (χ2n) is 7.31. The lowest BCUT2D eigenvalue weighted by molar-refractivity contribution is -0.137. The number of rotatable bonds is 4. The molecule has 5 heteroatoms. The van der Waals surface area contributed by atoms with Crippen molar-refractivity contribution in [2.75, 3.05) is 13.1 Å². The van der Waals surface area contributed by atoms with E-state index in [1.165, 1.54) is 31.4 Å². The maximum absolute atomic E-state index is 13.2. The summed E-state index contributed by atoms with van der Waals surface area (Å²) < 4.78 is 13.2.